The van der Waals surface area contributed by atoms with E-state index in [2.05, 4.69) is 38.9 Å². The van der Waals surface area contributed by atoms with Gasteiger partial charge in [-0.15, -0.1) is 0 Å². The molecule has 1 aromatic heterocycles. The van der Waals surface area contributed by atoms with Gasteiger partial charge in [-0.25, -0.2) is 9.67 Å². The fourth-order valence-electron chi connectivity index (χ4n) is 3.11. The maximum Gasteiger partial charge on any atom is 0.290 e. The number of carboxylic acid groups (broad SMARTS) is 1. The van der Waals surface area contributed by atoms with Gasteiger partial charge >= 0.3 is 0 Å². The van der Waals surface area contributed by atoms with Crippen LogP contribution in [0.15, 0.2) is 30.3 Å². The van der Waals surface area contributed by atoms with Crippen LogP contribution in [0.3, 0.4) is 0 Å². The molecule has 0 spiro atoms. The third kappa shape index (κ3) is 5.65. The Hall–Kier alpha value is -2.25. The summed E-state index contributed by atoms with van der Waals surface area (Å²) >= 11 is 0. The highest BCUT2D eigenvalue weighted by Gasteiger charge is 2.27. The van der Waals surface area contributed by atoms with Crippen molar-refractivity contribution in [2.24, 2.45) is 0 Å². The van der Waals surface area contributed by atoms with E-state index in [0.29, 0.717) is 5.92 Å². The van der Waals surface area contributed by atoms with Crippen molar-refractivity contribution >= 4 is 6.47 Å². The monoisotopic (exact) mass is 346 g/mol. The third-order valence-corrected chi connectivity index (χ3v) is 4.23. The lowest BCUT2D eigenvalue weighted by atomic mass is 10.1. The molecule has 0 aliphatic carbocycles. The molecule has 25 heavy (non-hydrogen) atoms. The smallest absolute Gasteiger partial charge is 0.290 e. The van der Waals surface area contributed by atoms with Crippen LogP contribution in [0.2, 0.25) is 0 Å². The fraction of sp³-hybridized carbons (Fsp3) is 0.500. The Bertz CT molecular complexity index is 645. The van der Waals surface area contributed by atoms with Gasteiger partial charge in [0.05, 0.1) is 13.2 Å². The Morgan fingerprint density at radius 2 is 2.08 bits per heavy atom. The SMILES string of the molecule is COCCN1CCC(c2nc(C)nn2Cc2ccccc2)C1.O=CO. The lowest BCUT2D eigenvalue weighted by Gasteiger charge is -2.15. The largest absolute Gasteiger partial charge is 0.483 e. The van der Waals surface area contributed by atoms with Crippen molar-refractivity contribution < 1.29 is 14.6 Å². The van der Waals surface area contributed by atoms with Crippen LogP contribution in [-0.4, -0.2) is 64.6 Å². The van der Waals surface area contributed by atoms with Gasteiger partial charge in [-0.05, 0) is 25.5 Å². The van der Waals surface area contributed by atoms with Crippen LogP contribution < -0.4 is 0 Å². The van der Waals surface area contributed by atoms with Crippen molar-refractivity contribution in [3.8, 4) is 0 Å². The van der Waals surface area contributed by atoms with Gasteiger partial charge in [0.15, 0.2) is 0 Å². The average Bonchev–Trinajstić information content (AvgIpc) is 3.21. The molecule has 2 aromatic rings. The number of nitrogens with zero attached hydrogens (tertiary/aromatic N) is 4. The van der Waals surface area contributed by atoms with E-state index in [0.717, 1.165) is 50.9 Å². The summed E-state index contributed by atoms with van der Waals surface area (Å²) in [5.74, 6) is 2.46. The zero-order valence-corrected chi connectivity index (χ0v) is 14.8. The summed E-state index contributed by atoms with van der Waals surface area (Å²) in [6.45, 7) is 6.48. The number of hydrogen-bond donors (Lipinski definition) is 1. The maximum absolute atomic E-state index is 8.36. The van der Waals surface area contributed by atoms with Gasteiger partial charge in [0.25, 0.3) is 6.47 Å². The second-order valence-corrected chi connectivity index (χ2v) is 6.04. The van der Waals surface area contributed by atoms with Gasteiger partial charge in [-0.3, -0.25) is 4.79 Å². The molecule has 1 unspecified atom stereocenters. The predicted octanol–water partition coefficient (Wildman–Crippen LogP) is 1.77. The molecule has 3 rings (SSSR count). The number of benzene rings is 1. The highest BCUT2D eigenvalue weighted by Crippen LogP contribution is 2.26. The summed E-state index contributed by atoms with van der Waals surface area (Å²) < 4.78 is 7.26. The van der Waals surface area contributed by atoms with E-state index in [9.17, 15) is 0 Å². The minimum atomic E-state index is -0.250. The number of methoxy groups -OCH3 is 1. The molecule has 7 heteroatoms. The first-order valence-electron chi connectivity index (χ1n) is 8.42. The Kier molecular flexibility index (Phi) is 7.56. The molecule has 1 saturated heterocycles. The predicted molar refractivity (Wildman–Crippen MR) is 94.7 cm³/mol. The third-order valence-electron chi connectivity index (χ3n) is 4.23. The lowest BCUT2D eigenvalue weighted by molar-refractivity contribution is -0.122. The van der Waals surface area contributed by atoms with Crippen LogP contribution in [0.25, 0.3) is 0 Å². The Morgan fingerprint density at radius 3 is 2.76 bits per heavy atom. The van der Waals surface area contributed by atoms with Gasteiger partial charge in [0, 0.05) is 26.1 Å². The van der Waals surface area contributed by atoms with Crippen molar-refractivity contribution in [3.63, 3.8) is 0 Å². The second-order valence-electron chi connectivity index (χ2n) is 6.04. The van der Waals surface area contributed by atoms with Gasteiger partial charge in [0.2, 0.25) is 0 Å². The normalized spacial score (nSPS) is 17.1. The number of hydrogen-bond acceptors (Lipinski definition) is 5. The summed E-state index contributed by atoms with van der Waals surface area (Å²) in [7, 11) is 1.76. The maximum atomic E-state index is 8.36. The number of aryl methyl sites for hydroxylation is 1. The summed E-state index contributed by atoms with van der Waals surface area (Å²) in [5, 5.41) is 11.5. The van der Waals surface area contributed by atoms with Crippen molar-refractivity contribution in [1.29, 1.82) is 0 Å². The van der Waals surface area contributed by atoms with Crippen LogP contribution in [0, 0.1) is 6.92 Å². The summed E-state index contributed by atoms with van der Waals surface area (Å²) in [5.41, 5.74) is 1.27. The van der Waals surface area contributed by atoms with Gasteiger partial charge in [-0.1, -0.05) is 30.3 Å². The molecule has 0 radical (unpaired) electrons. The first kappa shape index (κ1) is 19.1. The van der Waals surface area contributed by atoms with Crippen molar-refractivity contribution in [1.82, 2.24) is 19.7 Å². The molecule has 1 fully saturated rings. The Morgan fingerprint density at radius 1 is 1.36 bits per heavy atom. The summed E-state index contributed by atoms with van der Waals surface area (Å²) in [6, 6.07) is 10.5. The van der Waals surface area contributed by atoms with Crippen LogP contribution in [0.1, 0.15) is 29.6 Å². The van der Waals surface area contributed by atoms with Crippen molar-refractivity contribution in [3.05, 3.63) is 47.5 Å². The highest BCUT2D eigenvalue weighted by atomic mass is 16.5. The zero-order chi connectivity index (χ0) is 18.1. The van der Waals surface area contributed by atoms with E-state index in [1.807, 2.05) is 13.0 Å². The Balaban J connectivity index is 0.000000701. The molecule has 1 aliphatic heterocycles. The van der Waals surface area contributed by atoms with Crippen LogP contribution in [0.5, 0.6) is 0 Å². The Labute approximate surface area is 148 Å². The molecule has 136 valence electrons. The van der Waals surface area contributed by atoms with Crippen LogP contribution in [-0.2, 0) is 16.1 Å². The number of aromatic nitrogens is 3. The molecule has 0 amide bonds. The topological polar surface area (TPSA) is 80.5 Å². The van der Waals surface area contributed by atoms with Crippen LogP contribution >= 0.6 is 0 Å². The van der Waals surface area contributed by atoms with Gasteiger partial charge in [0.1, 0.15) is 11.6 Å². The van der Waals surface area contributed by atoms with E-state index in [-0.39, 0.29) is 6.47 Å². The van der Waals surface area contributed by atoms with E-state index in [1.165, 1.54) is 5.56 Å². The second kappa shape index (κ2) is 9.90. The van der Waals surface area contributed by atoms with E-state index in [1.54, 1.807) is 7.11 Å². The molecule has 0 bridgehead atoms. The minimum absolute atomic E-state index is 0.250. The first-order chi connectivity index (χ1) is 12.2. The number of likely N-dealkylation sites (tertiary alicyclic amines) is 1. The summed E-state index contributed by atoms with van der Waals surface area (Å²) in [4.78, 5) is 15.5. The van der Waals surface area contributed by atoms with E-state index in [4.69, 9.17) is 19.6 Å². The van der Waals surface area contributed by atoms with Gasteiger partial charge < -0.3 is 14.7 Å². The highest BCUT2D eigenvalue weighted by molar-refractivity contribution is 5.32. The average molecular weight is 346 g/mol. The number of ether oxygens (including phenoxy) is 1. The van der Waals surface area contributed by atoms with Gasteiger partial charge in [-0.2, -0.15) is 5.10 Å². The van der Waals surface area contributed by atoms with E-state index >= 15 is 0 Å². The molecule has 1 atom stereocenters. The van der Waals surface area contributed by atoms with Crippen molar-refractivity contribution in [2.75, 3.05) is 33.4 Å². The molecule has 1 N–H and O–H groups in total. The van der Waals surface area contributed by atoms with Crippen molar-refractivity contribution in [2.45, 2.75) is 25.8 Å². The summed E-state index contributed by atoms with van der Waals surface area (Å²) in [6.07, 6.45) is 1.15. The lowest BCUT2D eigenvalue weighted by Crippen LogP contribution is -2.25. The first-order valence-corrected chi connectivity index (χ1v) is 8.42. The molecule has 1 aromatic carbocycles. The molecule has 7 nitrogen and oxygen atoms in total. The fourth-order valence-corrected chi connectivity index (χ4v) is 3.11. The van der Waals surface area contributed by atoms with E-state index < -0.39 is 0 Å². The molecule has 0 saturated carbocycles. The molecule has 2 heterocycles. The quantitative estimate of drug-likeness (QED) is 0.803. The number of carbonyl (C=O) groups is 1. The molecular weight excluding hydrogens is 320 g/mol. The molecular formula is C18H26N4O3. The molecule has 1 aliphatic rings. The van der Waals surface area contributed by atoms with Crippen LogP contribution in [0.4, 0.5) is 0 Å². The minimum Gasteiger partial charge on any atom is -0.483 e. The standard InChI is InChI=1S/C17H24N4O.CH2O2/c1-14-18-17(16-8-9-20(13-16)10-11-22-2)21(19-14)12-15-6-4-3-5-7-15;2-1-3/h3-7,16H,8-13H2,1-2H3;1H,(H,2,3). The number of rotatable bonds is 6. The zero-order valence-electron chi connectivity index (χ0n) is 14.8.